The van der Waals surface area contributed by atoms with Crippen LogP contribution in [0.4, 0.5) is 11.4 Å². The van der Waals surface area contributed by atoms with Gasteiger partial charge in [0.1, 0.15) is 0 Å². The molecule has 0 spiro atoms. The molecule has 5 aromatic rings. The highest BCUT2D eigenvalue weighted by molar-refractivity contribution is 5.81. The van der Waals surface area contributed by atoms with Gasteiger partial charge >= 0.3 is 0 Å². The molecule has 1 aromatic heterocycles. The molecule has 3 saturated heterocycles. The third-order valence-electron chi connectivity index (χ3n) is 21.7. The van der Waals surface area contributed by atoms with Crippen molar-refractivity contribution < 1.29 is 0 Å². The molecule has 12 atom stereocenters. The molecule has 4 aromatic carbocycles. The van der Waals surface area contributed by atoms with Crippen LogP contribution in [0.1, 0.15) is 172 Å². The lowest BCUT2D eigenvalue weighted by molar-refractivity contribution is 0.0650. The molecule has 0 bridgehead atoms. The quantitative estimate of drug-likeness (QED) is 0.153. The second-order valence-electron chi connectivity index (χ2n) is 26.6. The lowest BCUT2D eigenvalue weighted by Crippen LogP contribution is -2.44. The van der Waals surface area contributed by atoms with E-state index < -0.39 is 0 Å². The fraction of sp³-hybridized carbons (Fsp3) is 0.639. The number of likely N-dealkylation sites (N-methyl/N-ethyl adjacent to an activating group) is 2. The normalized spacial score (nSPS) is 30.7. The second-order valence-corrected chi connectivity index (χ2v) is 26.6. The standard InChI is InChI=1S/C11H21N.2C11H15N.C10H19N.C10H13N.C10H11N.C9H17N/c1-9-7-10-5-3-4-6-11(10)8-12(9)2;1-9-11-6-4-3-5-10(11)7-8-12(9)2;1-9-7-8-10-5-3-4-6-11(10)12(9)2;3*1-8-7-9-5-3-4-6-10(9)11(8)2;1-7-6-8-4-3-5-9(8)10(7)2/h9-11H,3-8H2,1-2H3;2*3-6,9H,7-8H2,1-2H3;8-10H,3-7H2,1-2H3;3-6,8H,7H2,1-2H3;3-7H,1-2H3;7-9H,3-6H2,1-2H3. The highest BCUT2D eigenvalue weighted by Crippen LogP contribution is 2.41. The number of hydrogen-bond donors (Lipinski definition) is 0. The first-order chi connectivity index (χ1) is 38.0. The summed E-state index contributed by atoms with van der Waals surface area (Å²) in [6.07, 6.45) is 25.7. The van der Waals surface area contributed by atoms with Gasteiger partial charge in [-0.15, -0.1) is 0 Å². The average molecular weight is 1070 g/mol. The van der Waals surface area contributed by atoms with E-state index in [0.717, 1.165) is 53.9 Å². The number of rotatable bonds is 0. The lowest BCUT2D eigenvalue weighted by Gasteiger charge is -2.43. The summed E-state index contributed by atoms with van der Waals surface area (Å²) in [6, 6.07) is 43.1. The molecule has 6 fully saturated rings. The summed E-state index contributed by atoms with van der Waals surface area (Å²) in [7, 11) is 15.5. The Hall–Kier alpha value is -4.14. The minimum atomic E-state index is 0.593. The average Bonchev–Trinajstić information content (AvgIpc) is 4.30. The molecule has 7 heteroatoms. The topological polar surface area (TPSA) is 24.4 Å². The van der Waals surface area contributed by atoms with Crippen LogP contribution in [0.5, 0.6) is 0 Å². The van der Waals surface area contributed by atoms with Gasteiger partial charge < -0.3 is 29.1 Å². The molecule has 12 unspecified atom stereocenters. The number of hydrogen-bond acceptors (Lipinski definition) is 6. The lowest BCUT2D eigenvalue weighted by atomic mass is 9.73. The molecule has 0 N–H and O–H groups in total. The van der Waals surface area contributed by atoms with Crippen LogP contribution in [-0.2, 0) is 26.3 Å². The van der Waals surface area contributed by atoms with Crippen molar-refractivity contribution in [3.8, 4) is 0 Å². The third kappa shape index (κ3) is 15.3. The Morgan fingerprint density at radius 3 is 1.57 bits per heavy atom. The number of para-hydroxylation sites is 3. The van der Waals surface area contributed by atoms with Gasteiger partial charge in [0.25, 0.3) is 0 Å². The number of piperidine rings is 1. The van der Waals surface area contributed by atoms with E-state index in [1.165, 1.54) is 179 Å². The van der Waals surface area contributed by atoms with Gasteiger partial charge in [-0.2, -0.15) is 0 Å². The van der Waals surface area contributed by atoms with Gasteiger partial charge in [0.2, 0.25) is 0 Å². The van der Waals surface area contributed by atoms with Crippen molar-refractivity contribution in [2.75, 3.05) is 65.2 Å². The molecule has 7 heterocycles. The predicted octanol–water partition coefficient (Wildman–Crippen LogP) is 15.9. The molecule has 9 aliphatic rings. The zero-order valence-electron chi connectivity index (χ0n) is 52.5. The van der Waals surface area contributed by atoms with Crippen molar-refractivity contribution in [3.63, 3.8) is 0 Å². The molecule has 0 radical (unpaired) electrons. The van der Waals surface area contributed by atoms with E-state index in [0.29, 0.717) is 18.1 Å². The first-order valence-electron chi connectivity index (χ1n) is 32.0. The van der Waals surface area contributed by atoms with Gasteiger partial charge in [0.15, 0.2) is 0 Å². The Labute approximate surface area is 483 Å². The number of aromatic nitrogens is 1. The molecular weight excluding hydrogens is 963 g/mol. The van der Waals surface area contributed by atoms with Gasteiger partial charge in [0, 0.05) is 105 Å². The van der Waals surface area contributed by atoms with Crippen LogP contribution in [0, 0.1) is 30.6 Å². The van der Waals surface area contributed by atoms with Gasteiger partial charge in [-0.1, -0.05) is 117 Å². The molecule has 6 aliphatic heterocycles. The van der Waals surface area contributed by atoms with Crippen molar-refractivity contribution >= 4 is 22.3 Å². The van der Waals surface area contributed by atoms with Crippen LogP contribution in [0.3, 0.4) is 0 Å². The fourth-order valence-electron chi connectivity index (χ4n) is 15.6. The van der Waals surface area contributed by atoms with Crippen molar-refractivity contribution in [3.05, 3.63) is 131 Å². The van der Waals surface area contributed by atoms with E-state index in [1.54, 1.807) is 0 Å². The van der Waals surface area contributed by atoms with Gasteiger partial charge in [-0.25, -0.2) is 0 Å². The van der Waals surface area contributed by atoms with Crippen LogP contribution in [0.15, 0.2) is 103 Å². The van der Waals surface area contributed by atoms with Gasteiger partial charge in [-0.3, -0.25) is 4.90 Å². The van der Waals surface area contributed by atoms with Crippen molar-refractivity contribution in [1.29, 1.82) is 0 Å². The maximum atomic E-state index is 2.60. The monoisotopic (exact) mass is 1070 g/mol. The summed E-state index contributed by atoms with van der Waals surface area (Å²) in [5.74, 6) is 4.22. The molecule has 79 heavy (non-hydrogen) atoms. The molecule has 0 amide bonds. The molecule has 3 saturated carbocycles. The Morgan fingerprint density at radius 2 is 0.924 bits per heavy atom. The van der Waals surface area contributed by atoms with Crippen LogP contribution in [0.25, 0.3) is 10.9 Å². The summed E-state index contributed by atoms with van der Waals surface area (Å²) >= 11 is 0. The Balaban J connectivity index is 0.000000121. The highest BCUT2D eigenvalue weighted by Gasteiger charge is 2.40. The first-order valence-corrected chi connectivity index (χ1v) is 32.0. The molecule has 14 rings (SSSR count). The van der Waals surface area contributed by atoms with Crippen LogP contribution >= 0.6 is 0 Å². The first kappa shape index (κ1) is 60.9. The maximum absolute atomic E-state index is 2.60. The molecule has 434 valence electrons. The van der Waals surface area contributed by atoms with E-state index in [4.69, 9.17) is 0 Å². The highest BCUT2D eigenvalue weighted by atomic mass is 15.2. The van der Waals surface area contributed by atoms with Crippen LogP contribution < -0.4 is 9.80 Å². The maximum Gasteiger partial charge on any atom is 0.0479 e. The number of likely N-dealkylation sites (tertiary alicyclic amines) is 3. The summed E-state index contributed by atoms with van der Waals surface area (Å²) < 4.78 is 2.20. The number of nitrogens with zero attached hydrogens (tertiary/aromatic N) is 7. The predicted molar refractivity (Wildman–Crippen MR) is 342 cm³/mol. The Morgan fingerprint density at radius 1 is 0.418 bits per heavy atom. The zero-order chi connectivity index (χ0) is 56.3. The van der Waals surface area contributed by atoms with E-state index in [1.807, 2.05) is 0 Å². The van der Waals surface area contributed by atoms with E-state index >= 15 is 0 Å². The SMILES string of the molecule is CC1CC2CCCC2N1C.CC1CC2CCCCC2CN1C.CC1CC2CCCCC2N1C.CC1CCc2ccccc2N1C.CC1Cc2ccccc2N1C.CC1c2ccccc2CCN1C.Cc1cc2ccccc2n1C. The summed E-state index contributed by atoms with van der Waals surface area (Å²) in [4.78, 5) is 14.9. The summed E-state index contributed by atoms with van der Waals surface area (Å²) in [6.45, 7) is 18.6. The van der Waals surface area contributed by atoms with Crippen molar-refractivity contribution in [1.82, 2.24) is 24.2 Å². The smallest absolute Gasteiger partial charge is 0.0479 e. The fourth-order valence-corrected chi connectivity index (χ4v) is 15.6. The van der Waals surface area contributed by atoms with Crippen LogP contribution in [-0.4, -0.2) is 122 Å². The Kier molecular flexibility index (Phi) is 22.1. The third-order valence-corrected chi connectivity index (χ3v) is 21.7. The largest absolute Gasteiger partial charge is 0.372 e. The summed E-state index contributed by atoms with van der Waals surface area (Å²) in [5.41, 5.74) is 11.5. The molecular formula is C72H111N7. The minimum absolute atomic E-state index is 0.593. The van der Waals surface area contributed by atoms with Crippen molar-refractivity contribution in [2.45, 2.75) is 212 Å². The molecule has 7 nitrogen and oxygen atoms in total. The molecule has 3 aliphatic carbocycles. The number of aryl methyl sites for hydroxylation is 3. The van der Waals surface area contributed by atoms with E-state index in [9.17, 15) is 0 Å². The van der Waals surface area contributed by atoms with Crippen LogP contribution in [0.2, 0.25) is 0 Å². The van der Waals surface area contributed by atoms with E-state index in [-0.39, 0.29) is 0 Å². The summed E-state index contributed by atoms with van der Waals surface area (Å²) in [5, 5.41) is 1.33. The second kappa shape index (κ2) is 28.7. The van der Waals surface area contributed by atoms with Gasteiger partial charge in [-0.05, 0) is 229 Å². The van der Waals surface area contributed by atoms with Crippen molar-refractivity contribution in [2.24, 2.45) is 30.7 Å². The van der Waals surface area contributed by atoms with E-state index in [2.05, 4.69) is 235 Å². The Bertz CT molecular complexity index is 2540. The number of fused-ring (bicyclic) bond motifs is 7. The van der Waals surface area contributed by atoms with Gasteiger partial charge in [0.05, 0.1) is 0 Å². The number of anilines is 2. The minimum Gasteiger partial charge on any atom is -0.372 e. The zero-order valence-corrected chi connectivity index (χ0v) is 52.5. The number of benzene rings is 4.